The zero-order valence-electron chi connectivity index (χ0n) is 7.86. The van der Waals surface area contributed by atoms with Crippen molar-refractivity contribution in [2.45, 2.75) is 12.6 Å². The van der Waals surface area contributed by atoms with E-state index in [0.717, 1.165) is 6.07 Å². The van der Waals surface area contributed by atoms with Crippen LogP contribution < -0.4 is 0 Å². The monoisotopic (exact) mass is 228 g/mol. The van der Waals surface area contributed by atoms with Crippen LogP contribution in [-0.4, -0.2) is 21.3 Å². The van der Waals surface area contributed by atoms with E-state index in [2.05, 4.69) is 14.8 Å². The molecule has 1 aromatic carbocycles. The highest BCUT2D eigenvalue weighted by Gasteiger charge is 2.27. The van der Waals surface area contributed by atoms with Gasteiger partial charge < -0.3 is 15.3 Å². The Hall–Kier alpha value is -1.51. The number of hydrogen-bond acceptors (Lipinski definition) is 6. The lowest BCUT2D eigenvalue weighted by molar-refractivity contribution is -0.697. The third kappa shape index (κ3) is 2.03. The summed E-state index contributed by atoms with van der Waals surface area (Å²) in [4.78, 5) is 19.8. The number of rotatable bonds is 3. The standard InChI is InChI=1S/C9H8O7/c10-7(11)4-1-5(8(12)13)3-6(2-4)9-14-16-15-9/h1-3,7,9-11H,(H,12,13). The summed E-state index contributed by atoms with van der Waals surface area (Å²) in [7, 11) is 0. The Morgan fingerprint density at radius 2 is 1.94 bits per heavy atom. The molecule has 0 bridgehead atoms. The van der Waals surface area contributed by atoms with Crippen molar-refractivity contribution in [3.8, 4) is 0 Å². The molecule has 86 valence electrons. The molecule has 0 saturated carbocycles. The first-order valence-corrected chi connectivity index (χ1v) is 4.31. The molecule has 7 heteroatoms. The molecule has 0 unspecified atom stereocenters. The zero-order chi connectivity index (χ0) is 11.7. The van der Waals surface area contributed by atoms with E-state index < -0.39 is 18.5 Å². The molecule has 1 heterocycles. The number of benzene rings is 1. The van der Waals surface area contributed by atoms with E-state index in [1.54, 1.807) is 0 Å². The number of aromatic carboxylic acids is 1. The van der Waals surface area contributed by atoms with Crippen LogP contribution in [0, 0.1) is 0 Å². The van der Waals surface area contributed by atoms with E-state index >= 15 is 0 Å². The summed E-state index contributed by atoms with van der Waals surface area (Å²) in [5.74, 6) is -1.19. The van der Waals surface area contributed by atoms with Crippen molar-refractivity contribution in [3.05, 3.63) is 34.9 Å². The average molecular weight is 228 g/mol. The number of carbonyl (C=O) groups is 1. The minimum Gasteiger partial charge on any atom is -0.478 e. The third-order valence-electron chi connectivity index (χ3n) is 2.05. The van der Waals surface area contributed by atoms with Crippen LogP contribution in [0.4, 0.5) is 0 Å². The van der Waals surface area contributed by atoms with E-state index in [4.69, 9.17) is 15.3 Å². The van der Waals surface area contributed by atoms with Gasteiger partial charge in [-0.2, -0.15) is 9.78 Å². The molecule has 3 N–H and O–H groups in total. The van der Waals surface area contributed by atoms with E-state index in [0.29, 0.717) is 5.56 Å². The summed E-state index contributed by atoms with van der Waals surface area (Å²) in [5.41, 5.74) is 0.267. The van der Waals surface area contributed by atoms with Crippen LogP contribution in [0.2, 0.25) is 0 Å². The normalized spacial score (nSPS) is 16.2. The quantitative estimate of drug-likeness (QED) is 0.503. The van der Waals surface area contributed by atoms with Crippen LogP contribution in [0.5, 0.6) is 0 Å². The van der Waals surface area contributed by atoms with Gasteiger partial charge in [0.25, 0.3) is 6.29 Å². The van der Waals surface area contributed by atoms with Gasteiger partial charge in [0.05, 0.1) is 5.56 Å². The van der Waals surface area contributed by atoms with Gasteiger partial charge in [0, 0.05) is 11.1 Å². The summed E-state index contributed by atoms with van der Waals surface area (Å²) >= 11 is 0. The second-order valence-electron chi connectivity index (χ2n) is 3.16. The van der Waals surface area contributed by atoms with Gasteiger partial charge in [-0.1, -0.05) is 5.04 Å². The molecule has 7 nitrogen and oxygen atoms in total. The fourth-order valence-electron chi connectivity index (χ4n) is 1.27. The fourth-order valence-corrected chi connectivity index (χ4v) is 1.27. The van der Waals surface area contributed by atoms with Crippen molar-refractivity contribution < 1.29 is 34.9 Å². The molecule has 0 spiro atoms. The first-order valence-electron chi connectivity index (χ1n) is 4.31. The van der Waals surface area contributed by atoms with Crippen LogP contribution in [0.1, 0.15) is 34.1 Å². The predicted molar refractivity (Wildman–Crippen MR) is 46.6 cm³/mol. The maximum atomic E-state index is 10.8. The molecule has 1 aliphatic rings. The summed E-state index contributed by atoms with van der Waals surface area (Å²) in [6, 6.07) is 3.79. The number of aliphatic hydroxyl groups excluding tert-OH is 1. The Labute approximate surface area is 89.3 Å². The van der Waals surface area contributed by atoms with E-state index in [-0.39, 0.29) is 11.1 Å². The first-order chi connectivity index (χ1) is 7.58. The summed E-state index contributed by atoms with van der Waals surface area (Å²) < 4.78 is 0. The lowest BCUT2D eigenvalue weighted by Gasteiger charge is -2.23. The first kappa shape index (κ1) is 11.0. The van der Waals surface area contributed by atoms with Crippen LogP contribution in [-0.2, 0) is 14.8 Å². The van der Waals surface area contributed by atoms with Crippen LogP contribution in [0.25, 0.3) is 0 Å². The minimum atomic E-state index is -1.76. The second kappa shape index (κ2) is 4.16. The summed E-state index contributed by atoms with van der Waals surface area (Å²) in [6.45, 7) is 0. The number of carboxylic acids is 1. The predicted octanol–water partition coefficient (Wildman–Crippen LogP) is 0.260. The molecule has 1 aliphatic heterocycles. The maximum Gasteiger partial charge on any atom is 0.335 e. The molecule has 0 radical (unpaired) electrons. The van der Waals surface area contributed by atoms with Gasteiger partial charge in [0.15, 0.2) is 6.29 Å². The van der Waals surface area contributed by atoms with Gasteiger partial charge >= 0.3 is 5.97 Å². The largest absolute Gasteiger partial charge is 0.478 e. The smallest absolute Gasteiger partial charge is 0.335 e. The van der Waals surface area contributed by atoms with Crippen molar-refractivity contribution in [2.75, 3.05) is 0 Å². The lowest BCUT2D eigenvalue weighted by atomic mass is 10.0. The van der Waals surface area contributed by atoms with Gasteiger partial charge in [-0.3, -0.25) is 0 Å². The lowest BCUT2D eigenvalue weighted by Crippen LogP contribution is -2.20. The highest BCUT2D eigenvalue weighted by Crippen LogP contribution is 2.30. The minimum absolute atomic E-state index is 0.0361. The van der Waals surface area contributed by atoms with E-state index in [9.17, 15) is 4.79 Å². The van der Waals surface area contributed by atoms with Crippen molar-refractivity contribution in [3.63, 3.8) is 0 Å². The maximum absolute atomic E-state index is 10.8. The van der Waals surface area contributed by atoms with Crippen LogP contribution in [0.3, 0.4) is 0 Å². The molecule has 0 atom stereocenters. The van der Waals surface area contributed by atoms with Crippen molar-refractivity contribution in [1.82, 2.24) is 0 Å². The van der Waals surface area contributed by atoms with E-state index in [1.165, 1.54) is 12.1 Å². The molecule has 0 amide bonds. The molecule has 1 fully saturated rings. The van der Waals surface area contributed by atoms with Crippen molar-refractivity contribution in [2.24, 2.45) is 0 Å². The second-order valence-corrected chi connectivity index (χ2v) is 3.16. The summed E-state index contributed by atoms with van der Waals surface area (Å²) in [6.07, 6.45) is -2.61. The van der Waals surface area contributed by atoms with Crippen molar-refractivity contribution >= 4 is 5.97 Å². The van der Waals surface area contributed by atoms with Gasteiger partial charge in [0.1, 0.15) is 0 Å². The summed E-state index contributed by atoms with van der Waals surface area (Å²) in [5, 5.41) is 30.8. The molecular formula is C9H8O7. The fraction of sp³-hybridized carbons (Fsp3) is 0.222. The Kier molecular flexibility index (Phi) is 2.86. The Morgan fingerprint density at radius 3 is 2.38 bits per heavy atom. The Morgan fingerprint density at radius 1 is 1.25 bits per heavy atom. The molecule has 1 aromatic rings. The Bertz CT molecular complexity index is 410. The molecule has 2 rings (SSSR count). The average Bonchev–Trinajstić information content (AvgIpc) is 2.14. The molecular weight excluding hydrogens is 220 g/mol. The molecule has 1 saturated heterocycles. The highest BCUT2D eigenvalue weighted by atomic mass is 17.6. The van der Waals surface area contributed by atoms with Crippen molar-refractivity contribution in [1.29, 1.82) is 0 Å². The number of aliphatic hydroxyl groups is 2. The van der Waals surface area contributed by atoms with Gasteiger partial charge in [-0.15, -0.1) is 0 Å². The molecule has 0 aromatic heterocycles. The van der Waals surface area contributed by atoms with Gasteiger partial charge in [-0.05, 0) is 18.2 Å². The SMILES string of the molecule is O=C(O)c1cc(C(O)O)cc(C2OOO2)c1. The third-order valence-corrected chi connectivity index (χ3v) is 2.05. The Balaban J connectivity index is 2.40. The molecule has 16 heavy (non-hydrogen) atoms. The topological polar surface area (TPSA) is 105 Å². The van der Waals surface area contributed by atoms with Gasteiger partial charge in [0.2, 0.25) is 0 Å². The van der Waals surface area contributed by atoms with Crippen LogP contribution in [0.15, 0.2) is 18.2 Å². The van der Waals surface area contributed by atoms with Crippen LogP contribution >= 0.6 is 0 Å². The number of carboxylic acid groups (broad SMARTS) is 1. The zero-order valence-corrected chi connectivity index (χ0v) is 7.86. The molecule has 0 aliphatic carbocycles. The van der Waals surface area contributed by atoms with E-state index in [1.807, 2.05) is 0 Å². The highest BCUT2D eigenvalue weighted by molar-refractivity contribution is 5.88. The van der Waals surface area contributed by atoms with Gasteiger partial charge in [-0.25, -0.2) is 4.79 Å². The number of hydrogen-bond donors (Lipinski definition) is 3.